The summed E-state index contributed by atoms with van der Waals surface area (Å²) in [5.74, 6) is -0.462. The lowest BCUT2D eigenvalue weighted by molar-refractivity contribution is -0.131. The molecule has 2 amide bonds. The molecule has 0 radical (unpaired) electrons. The highest BCUT2D eigenvalue weighted by atomic mass is 19.1. The van der Waals surface area contributed by atoms with Gasteiger partial charge in [-0.25, -0.2) is 4.39 Å². The molecule has 2 aliphatic rings. The minimum Gasteiger partial charge on any atom is -0.359 e. The van der Waals surface area contributed by atoms with Crippen molar-refractivity contribution in [3.05, 3.63) is 76.4 Å². The molecule has 2 aromatic carbocycles. The van der Waals surface area contributed by atoms with Crippen molar-refractivity contribution >= 4 is 29.2 Å². The van der Waals surface area contributed by atoms with E-state index in [1.165, 1.54) is 6.07 Å². The van der Waals surface area contributed by atoms with Gasteiger partial charge in [-0.3, -0.25) is 9.59 Å². The molecule has 3 N–H and O–H groups in total. The van der Waals surface area contributed by atoms with E-state index in [1.54, 1.807) is 18.2 Å². The number of aromatic nitrogens is 1. The van der Waals surface area contributed by atoms with Crippen molar-refractivity contribution in [2.45, 2.75) is 27.7 Å². The molecule has 0 saturated carbocycles. The summed E-state index contributed by atoms with van der Waals surface area (Å²) in [4.78, 5) is 31.0. The maximum Gasteiger partial charge on any atom is 0.256 e. The van der Waals surface area contributed by atoms with Crippen LogP contribution in [0.4, 0.5) is 10.1 Å². The Kier molecular flexibility index (Phi) is 6.89. The van der Waals surface area contributed by atoms with Crippen LogP contribution in [0.5, 0.6) is 0 Å². The number of amides is 2. The predicted molar refractivity (Wildman–Crippen MR) is 138 cm³/mol. The molecule has 5 rings (SSSR count). The predicted octanol–water partition coefficient (Wildman–Crippen LogP) is 4.54. The lowest BCUT2D eigenvalue weighted by Crippen LogP contribution is -2.47. The SMILES string of the molecule is C.Cc1[nH]c(/C=C2\C(=O)Nc3cccc(-c4ccccc4F)c32)c(C)c1CC(=O)N1CCNCC1. The number of fused-ring (bicyclic) bond motifs is 1. The van der Waals surface area contributed by atoms with Crippen LogP contribution in [-0.4, -0.2) is 47.9 Å². The Morgan fingerprint density at radius 2 is 1.77 bits per heavy atom. The van der Waals surface area contributed by atoms with Gasteiger partial charge in [-0.15, -0.1) is 0 Å². The zero-order valence-electron chi connectivity index (χ0n) is 19.3. The third-order valence-electron chi connectivity index (χ3n) is 6.71. The summed E-state index contributed by atoms with van der Waals surface area (Å²) < 4.78 is 14.6. The number of hydrogen-bond donors (Lipinski definition) is 3. The van der Waals surface area contributed by atoms with Gasteiger partial charge in [0.05, 0.1) is 12.0 Å². The number of piperazine rings is 1. The Morgan fingerprint density at radius 1 is 1.06 bits per heavy atom. The van der Waals surface area contributed by atoms with Crippen molar-refractivity contribution in [1.29, 1.82) is 0 Å². The third kappa shape index (κ3) is 4.51. The number of benzene rings is 2. The van der Waals surface area contributed by atoms with Gasteiger partial charge in [0.1, 0.15) is 5.82 Å². The van der Waals surface area contributed by atoms with Crippen LogP contribution < -0.4 is 10.6 Å². The quantitative estimate of drug-likeness (QED) is 0.486. The van der Waals surface area contributed by atoms with Crippen molar-refractivity contribution < 1.29 is 14.0 Å². The van der Waals surface area contributed by atoms with Crippen LogP contribution in [0.15, 0.2) is 42.5 Å². The number of rotatable bonds is 4. The molecule has 3 heterocycles. The normalized spacial score (nSPS) is 16.1. The lowest BCUT2D eigenvalue weighted by Gasteiger charge is -2.27. The first-order valence-corrected chi connectivity index (χ1v) is 11.5. The van der Waals surface area contributed by atoms with E-state index in [9.17, 15) is 14.0 Å². The number of hydrogen-bond acceptors (Lipinski definition) is 3. The van der Waals surface area contributed by atoms with Gasteiger partial charge in [0, 0.05) is 54.4 Å². The van der Waals surface area contributed by atoms with E-state index in [1.807, 2.05) is 43.0 Å². The molecule has 1 saturated heterocycles. The Morgan fingerprint density at radius 3 is 2.51 bits per heavy atom. The number of aromatic amines is 1. The van der Waals surface area contributed by atoms with Gasteiger partial charge >= 0.3 is 0 Å². The molecule has 0 bridgehead atoms. The molecular weight excluding hydrogens is 443 g/mol. The molecule has 182 valence electrons. The monoisotopic (exact) mass is 474 g/mol. The summed E-state index contributed by atoms with van der Waals surface area (Å²) >= 11 is 0. The molecule has 2 aliphatic heterocycles. The first-order chi connectivity index (χ1) is 16.4. The molecule has 0 unspecified atom stereocenters. The maximum absolute atomic E-state index is 14.6. The van der Waals surface area contributed by atoms with Crippen molar-refractivity contribution in [2.75, 3.05) is 31.5 Å². The molecule has 1 aromatic heterocycles. The van der Waals surface area contributed by atoms with E-state index >= 15 is 0 Å². The molecule has 1 fully saturated rings. The van der Waals surface area contributed by atoms with Crippen LogP contribution in [0.1, 0.15) is 35.5 Å². The standard InChI is InChI=1S/C27H27FN4O2.CH4/c1-16-20(15-25(33)32-12-10-29-11-13-32)17(2)30-24(16)14-21-26-19(18-6-3-4-8-22(18)28)7-5-9-23(26)31-27(21)34;/h3-9,14,29-30H,10-13,15H2,1-2H3,(H,31,34);1H4/b21-14-;. The minimum absolute atomic E-state index is 0. The van der Waals surface area contributed by atoms with Crippen molar-refractivity contribution in [3.8, 4) is 11.1 Å². The van der Waals surface area contributed by atoms with E-state index in [4.69, 9.17) is 0 Å². The Hall–Kier alpha value is -3.71. The van der Waals surface area contributed by atoms with E-state index in [2.05, 4.69) is 15.6 Å². The van der Waals surface area contributed by atoms with Crippen LogP contribution >= 0.6 is 0 Å². The van der Waals surface area contributed by atoms with Crippen molar-refractivity contribution in [3.63, 3.8) is 0 Å². The van der Waals surface area contributed by atoms with Gasteiger partial charge in [-0.05, 0) is 48.7 Å². The second-order valence-corrected chi connectivity index (χ2v) is 8.79. The average Bonchev–Trinajstić information content (AvgIpc) is 3.30. The maximum atomic E-state index is 14.6. The summed E-state index contributed by atoms with van der Waals surface area (Å²) in [6, 6.07) is 12.0. The van der Waals surface area contributed by atoms with E-state index in [0.29, 0.717) is 47.5 Å². The molecule has 0 aliphatic carbocycles. The molecule has 0 atom stereocenters. The zero-order valence-corrected chi connectivity index (χ0v) is 19.3. The average molecular weight is 475 g/mol. The molecule has 7 heteroatoms. The number of H-pyrrole nitrogens is 1. The first-order valence-electron chi connectivity index (χ1n) is 11.5. The van der Waals surface area contributed by atoms with E-state index in [0.717, 1.165) is 35.6 Å². The highest BCUT2D eigenvalue weighted by Gasteiger charge is 2.29. The summed E-state index contributed by atoms with van der Waals surface area (Å²) in [7, 11) is 0. The van der Waals surface area contributed by atoms with Gasteiger partial charge in [-0.1, -0.05) is 37.8 Å². The van der Waals surface area contributed by atoms with Crippen molar-refractivity contribution in [2.24, 2.45) is 0 Å². The van der Waals surface area contributed by atoms with Crippen LogP contribution in [-0.2, 0) is 16.0 Å². The van der Waals surface area contributed by atoms with E-state index < -0.39 is 0 Å². The fourth-order valence-corrected chi connectivity index (χ4v) is 4.84. The summed E-state index contributed by atoms with van der Waals surface area (Å²) in [5, 5.41) is 6.17. The van der Waals surface area contributed by atoms with Gasteiger partial charge < -0.3 is 20.5 Å². The van der Waals surface area contributed by atoms with Gasteiger partial charge in [0.2, 0.25) is 5.91 Å². The molecular formula is C28H31FN4O2. The lowest BCUT2D eigenvalue weighted by atomic mass is 9.93. The van der Waals surface area contributed by atoms with Gasteiger partial charge in [-0.2, -0.15) is 0 Å². The number of halogens is 1. The number of anilines is 1. The smallest absolute Gasteiger partial charge is 0.256 e. The Labute approximate surface area is 205 Å². The molecule has 3 aromatic rings. The number of nitrogens with zero attached hydrogens (tertiary/aromatic N) is 1. The number of carbonyl (C=O) groups is 2. The number of nitrogens with one attached hydrogen (secondary N) is 3. The Bertz CT molecular complexity index is 1320. The largest absolute Gasteiger partial charge is 0.359 e. The highest BCUT2D eigenvalue weighted by Crippen LogP contribution is 2.41. The second kappa shape index (κ2) is 9.88. The number of carbonyl (C=O) groups excluding carboxylic acids is 2. The van der Waals surface area contributed by atoms with Crippen molar-refractivity contribution in [1.82, 2.24) is 15.2 Å². The fraction of sp³-hybridized carbons (Fsp3) is 0.286. The fourth-order valence-electron chi connectivity index (χ4n) is 4.84. The van der Waals surface area contributed by atoms with E-state index in [-0.39, 0.29) is 25.1 Å². The topological polar surface area (TPSA) is 77.2 Å². The minimum atomic E-state index is -0.338. The summed E-state index contributed by atoms with van der Waals surface area (Å²) in [6.07, 6.45) is 2.13. The van der Waals surface area contributed by atoms with Gasteiger partial charge in [0.15, 0.2) is 0 Å². The molecule has 6 nitrogen and oxygen atoms in total. The zero-order chi connectivity index (χ0) is 23.8. The second-order valence-electron chi connectivity index (χ2n) is 8.79. The summed E-state index contributed by atoms with van der Waals surface area (Å²) in [5.41, 5.74) is 6.51. The Balaban J connectivity index is 0.00000289. The van der Waals surface area contributed by atoms with Gasteiger partial charge in [0.25, 0.3) is 5.91 Å². The van der Waals surface area contributed by atoms with Crippen LogP contribution in [0.2, 0.25) is 0 Å². The van der Waals surface area contributed by atoms with Crippen LogP contribution in [0.25, 0.3) is 22.8 Å². The number of aryl methyl sites for hydroxylation is 1. The highest BCUT2D eigenvalue weighted by molar-refractivity contribution is 6.36. The summed E-state index contributed by atoms with van der Waals surface area (Å²) in [6.45, 7) is 6.97. The first kappa shape index (κ1) is 24.4. The molecule has 35 heavy (non-hydrogen) atoms. The van der Waals surface area contributed by atoms with Crippen LogP contribution in [0.3, 0.4) is 0 Å². The third-order valence-corrected chi connectivity index (χ3v) is 6.71. The molecule has 0 spiro atoms. The van der Waals surface area contributed by atoms with Crippen LogP contribution in [0, 0.1) is 19.7 Å².